The van der Waals surface area contributed by atoms with Crippen LogP contribution in [0.2, 0.25) is 5.02 Å². The van der Waals surface area contributed by atoms with Crippen LogP contribution in [0.5, 0.6) is 0 Å². The van der Waals surface area contributed by atoms with E-state index in [2.05, 4.69) is 10.3 Å². The number of nitrogens with one attached hydrogen (secondary N) is 1. The SMILES string of the molecule is CC(C)(C)C(=O)NCCc1cn2cc(Cl)ccc2n1. The van der Waals surface area contributed by atoms with Gasteiger partial charge in [-0.05, 0) is 12.1 Å². The van der Waals surface area contributed by atoms with Gasteiger partial charge in [-0.25, -0.2) is 4.98 Å². The molecule has 1 amide bonds. The summed E-state index contributed by atoms with van der Waals surface area (Å²) in [5, 5.41) is 3.59. The third-order valence-corrected chi connectivity index (χ3v) is 3.04. The second-order valence-corrected chi connectivity index (χ2v) is 6.04. The average molecular weight is 280 g/mol. The Morgan fingerprint density at radius 3 is 2.79 bits per heavy atom. The summed E-state index contributed by atoms with van der Waals surface area (Å²) in [7, 11) is 0. The molecular formula is C14H18ClN3O. The third kappa shape index (κ3) is 3.47. The normalized spacial score (nSPS) is 11.8. The third-order valence-electron chi connectivity index (χ3n) is 2.81. The maximum absolute atomic E-state index is 11.7. The number of carbonyl (C=O) groups excluding carboxylic acids is 1. The molecule has 0 spiro atoms. The zero-order chi connectivity index (χ0) is 14.0. The van der Waals surface area contributed by atoms with Gasteiger partial charge in [-0.15, -0.1) is 0 Å². The van der Waals surface area contributed by atoms with Crippen LogP contribution < -0.4 is 5.32 Å². The first-order valence-electron chi connectivity index (χ1n) is 6.28. The molecular weight excluding hydrogens is 262 g/mol. The Morgan fingerprint density at radius 1 is 1.37 bits per heavy atom. The Labute approximate surface area is 117 Å². The van der Waals surface area contributed by atoms with E-state index in [0.717, 1.165) is 11.3 Å². The predicted octanol–water partition coefficient (Wildman–Crippen LogP) is 2.69. The van der Waals surface area contributed by atoms with Crippen LogP contribution in [0.15, 0.2) is 24.5 Å². The van der Waals surface area contributed by atoms with Crippen LogP contribution in [0.4, 0.5) is 0 Å². The van der Waals surface area contributed by atoms with Crippen molar-refractivity contribution in [3.8, 4) is 0 Å². The molecule has 102 valence electrons. The fourth-order valence-electron chi connectivity index (χ4n) is 1.71. The fourth-order valence-corrected chi connectivity index (χ4v) is 1.88. The fraction of sp³-hybridized carbons (Fsp3) is 0.429. The summed E-state index contributed by atoms with van der Waals surface area (Å²) in [4.78, 5) is 16.2. The van der Waals surface area contributed by atoms with Crippen LogP contribution >= 0.6 is 11.6 Å². The van der Waals surface area contributed by atoms with E-state index in [0.29, 0.717) is 18.0 Å². The number of halogens is 1. The first kappa shape index (κ1) is 13.9. The summed E-state index contributed by atoms with van der Waals surface area (Å²) < 4.78 is 1.89. The van der Waals surface area contributed by atoms with Crippen molar-refractivity contribution >= 4 is 23.2 Å². The minimum atomic E-state index is -0.355. The molecule has 0 saturated heterocycles. The molecule has 0 aliphatic heterocycles. The second kappa shape index (κ2) is 5.21. The first-order valence-corrected chi connectivity index (χ1v) is 6.65. The molecule has 5 heteroatoms. The van der Waals surface area contributed by atoms with E-state index in [1.54, 1.807) is 0 Å². The molecule has 0 saturated carbocycles. The summed E-state index contributed by atoms with van der Waals surface area (Å²) in [6.07, 6.45) is 4.46. The lowest BCUT2D eigenvalue weighted by atomic mass is 9.96. The molecule has 1 N–H and O–H groups in total. The van der Waals surface area contributed by atoms with Gasteiger partial charge in [0.15, 0.2) is 0 Å². The van der Waals surface area contributed by atoms with Gasteiger partial charge in [0.25, 0.3) is 0 Å². The van der Waals surface area contributed by atoms with Crippen molar-refractivity contribution in [2.24, 2.45) is 5.41 Å². The lowest BCUT2D eigenvalue weighted by molar-refractivity contribution is -0.128. The van der Waals surface area contributed by atoms with E-state index in [-0.39, 0.29) is 11.3 Å². The lowest BCUT2D eigenvalue weighted by Crippen LogP contribution is -2.35. The summed E-state index contributed by atoms with van der Waals surface area (Å²) in [5.74, 6) is 0.0549. The quantitative estimate of drug-likeness (QED) is 0.939. The van der Waals surface area contributed by atoms with Gasteiger partial charge >= 0.3 is 0 Å². The lowest BCUT2D eigenvalue weighted by Gasteiger charge is -2.17. The van der Waals surface area contributed by atoms with Crippen molar-refractivity contribution in [2.45, 2.75) is 27.2 Å². The van der Waals surface area contributed by atoms with Gasteiger partial charge in [-0.1, -0.05) is 32.4 Å². The molecule has 2 aromatic rings. The van der Waals surface area contributed by atoms with Gasteiger partial charge in [-0.2, -0.15) is 0 Å². The number of rotatable bonds is 3. The van der Waals surface area contributed by atoms with Gasteiger partial charge in [0.1, 0.15) is 5.65 Å². The van der Waals surface area contributed by atoms with E-state index < -0.39 is 0 Å². The zero-order valence-corrected chi connectivity index (χ0v) is 12.2. The maximum Gasteiger partial charge on any atom is 0.225 e. The zero-order valence-electron chi connectivity index (χ0n) is 11.4. The Hall–Kier alpha value is -1.55. The summed E-state index contributed by atoms with van der Waals surface area (Å²) in [5.41, 5.74) is 1.45. The predicted molar refractivity (Wildman–Crippen MR) is 76.4 cm³/mol. The van der Waals surface area contributed by atoms with E-state index in [1.807, 2.05) is 49.7 Å². The number of hydrogen-bond acceptors (Lipinski definition) is 2. The highest BCUT2D eigenvalue weighted by molar-refractivity contribution is 6.30. The molecule has 0 radical (unpaired) electrons. The summed E-state index contributed by atoms with van der Waals surface area (Å²) in [6.45, 7) is 6.29. The van der Waals surface area contributed by atoms with Crippen LogP contribution in [0.25, 0.3) is 5.65 Å². The van der Waals surface area contributed by atoms with Crippen LogP contribution in [-0.2, 0) is 11.2 Å². The molecule has 19 heavy (non-hydrogen) atoms. The molecule has 0 aromatic carbocycles. The van der Waals surface area contributed by atoms with Crippen molar-refractivity contribution in [1.29, 1.82) is 0 Å². The van der Waals surface area contributed by atoms with Gasteiger partial charge in [0.05, 0.1) is 10.7 Å². The Balaban J connectivity index is 1.97. The number of imidazole rings is 1. The van der Waals surface area contributed by atoms with Crippen LogP contribution in [0, 0.1) is 5.41 Å². The summed E-state index contributed by atoms with van der Waals surface area (Å²) >= 11 is 5.92. The van der Waals surface area contributed by atoms with E-state index in [1.165, 1.54) is 0 Å². The molecule has 0 atom stereocenters. The topological polar surface area (TPSA) is 46.4 Å². The smallest absolute Gasteiger partial charge is 0.225 e. The van der Waals surface area contributed by atoms with E-state index in [4.69, 9.17) is 11.6 Å². The van der Waals surface area contributed by atoms with E-state index >= 15 is 0 Å². The molecule has 4 nitrogen and oxygen atoms in total. The number of hydrogen-bond donors (Lipinski definition) is 1. The molecule has 0 fully saturated rings. The monoisotopic (exact) mass is 279 g/mol. The van der Waals surface area contributed by atoms with E-state index in [9.17, 15) is 4.79 Å². The highest BCUT2D eigenvalue weighted by Gasteiger charge is 2.20. The number of carbonyl (C=O) groups is 1. The molecule has 0 bridgehead atoms. The largest absolute Gasteiger partial charge is 0.355 e. The van der Waals surface area contributed by atoms with Crippen molar-refractivity contribution < 1.29 is 4.79 Å². The number of nitrogens with zero attached hydrogens (tertiary/aromatic N) is 2. The Kier molecular flexibility index (Phi) is 3.80. The first-order chi connectivity index (χ1) is 8.86. The van der Waals surface area contributed by atoms with Crippen molar-refractivity contribution in [1.82, 2.24) is 14.7 Å². The standard InChI is InChI=1S/C14H18ClN3O/c1-14(2,3)13(19)16-7-6-11-9-18-8-10(15)4-5-12(18)17-11/h4-5,8-9H,6-7H2,1-3H3,(H,16,19). The van der Waals surface area contributed by atoms with Gasteiger partial charge in [-0.3, -0.25) is 4.79 Å². The number of fused-ring (bicyclic) bond motifs is 1. The van der Waals surface area contributed by atoms with Crippen LogP contribution in [0.1, 0.15) is 26.5 Å². The van der Waals surface area contributed by atoms with Crippen molar-refractivity contribution in [3.63, 3.8) is 0 Å². The highest BCUT2D eigenvalue weighted by atomic mass is 35.5. The summed E-state index contributed by atoms with van der Waals surface area (Å²) in [6, 6.07) is 3.69. The highest BCUT2D eigenvalue weighted by Crippen LogP contribution is 2.13. The van der Waals surface area contributed by atoms with Crippen LogP contribution in [0.3, 0.4) is 0 Å². The minimum Gasteiger partial charge on any atom is -0.355 e. The van der Waals surface area contributed by atoms with Crippen molar-refractivity contribution in [3.05, 3.63) is 35.2 Å². The number of pyridine rings is 1. The maximum atomic E-state index is 11.7. The minimum absolute atomic E-state index is 0.0549. The molecule has 0 aliphatic carbocycles. The number of amides is 1. The Bertz CT molecular complexity index is 598. The van der Waals surface area contributed by atoms with Gasteiger partial charge in [0.2, 0.25) is 5.91 Å². The average Bonchev–Trinajstić information content (AvgIpc) is 2.69. The molecule has 0 aliphatic rings. The number of aromatic nitrogens is 2. The molecule has 2 rings (SSSR count). The van der Waals surface area contributed by atoms with Crippen LogP contribution in [-0.4, -0.2) is 21.8 Å². The molecule has 2 aromatic heterocycles. The second-order valence-electron chi connectivity index (χ2n) is 5.60. The van der Waals surface area contributed by atoms with Gasteiger partial charge < -0.3 is 9.72 Å². The molecule has 2 heterocycles. The molecule has 0 unspecified atom stereocenters. The van der Waals surface area contributed by atoms with Gasteiger partial charge in [0, 0.05) is 30.8 Å². The van der Waals surface area contributed by atoms with Crippen molar-refractivity contribution in [2.75, 3.05) is 6.54 Å². The Morgan fingerprint density at radius 2 is 2.11 bits per heavy atom.